The lowest BCUT2D eigenvalue weighted by Crippen LogP contribution is -2.09. The van der Waals surface area contributed by atoms with Crippen molar-refractivity contribution in [2.45, 2.75) is 20.4 Å². The van der Waals surface area contributed by atoms with Crippen LogP contribution in [0.25, 0.3) is 0 Å². The lowest BCUT2D eigenvalue weighted by molar-refractivity contribution is 0.722. The zero-order chi connectivity index (χ0) is 8.43. The average Bonchev–Trinajstić information content (AvgIpc) is 2.19. The first-order chi connectivity index (χ1) is 5.16. The fraction of sp³-hybridized carbons (Fsp3) is 0.556. The van der Waals surface area contributed by atoms with Crippen LogP contribution in [0.4, 0.5) is 0 Å². The van der Waals surface area contributed by atoms with Gasteiger partial charge < -0.3 is 9.88 Å². The molecule has 11 heavy (non-hydrogen) atoms. The van der Waals surface area contributed by atoms with Gasteiger partial charge in [-0.05, 0) is 32.5 Å². The van der Waals surface area contributed by atoms with Crippen LogP contribution in [-0.2, 0) is 13.6 Å². The smallest absolute Gasteiger partial charge is 0.0357 e. The summed E-state index contributed by atoms with van der Waals surface area (Å²) in [4.78, 5) is 0. The van der Waals surface area contributed by atoms with Crippen LogP contribution in [0, 0.1) is 13.8 Å². The highest BCUT2D eigenvalue weighted by Gasteiger charge is 2.02. The molecule has 2 heteroatoms. The Kier molecular flexibility index (Phi) is 2.35. The predicted octanol–water partition coefficient (Wildman–Crippen LogP) is 1.36. The molecule has 0 unspecified atom stereocenters. The molecule has 0 saturated carbocycles. The van der Waals surface area contributed by atoms with Gasteiger partial charge in [-0.2, -0.15) is 0 Å². The Morgan fingerprint density at radius 1 is 1.45 bits per heavy atom. The summed E-state index contributed by atoms with van der Waals surface area (Å²) in [6.07, 6.45) is 0. The zero-order valence-electron chi connectivity index (χ0n) is 7.73. The standard InChI is InChI=1S/C9H16N2/c1-7-5-9(6-10-3)11(4)8(7)2/h5,10H,6H2,1-4H3. The first-order valence-corrected chi connectivity index (χ1v) is 3.93. The predicted molar refractivity (Wildman–Crippen MR) is 47.7 cm³/mol. The molecule has 0 saturated heterocycles. The minimum atomic E-state index is 0.950. The molecule has 62 valence electrons. The summed E-state index contributed by atoms with van der Waals surface area (Å²) in [5.74, 6) is 0. The monoisotopic (exact) mass is 152 g/mol. The van der Waals surface area contributed by atoms with Gasteiger partial charge >= 0.3 is 0 Å². The second kappa shape index (κ2) is 3.09. The first-order valence-electron chi connectivity index (χ1n) is 3.93. The van der Waals surface area contributed by atoms with Gasteiger partial charge in [0.2, 0.25) is 0 Å². The summed E-state index contributed by atoms with van der Waals surface area (Å²) in [5.41, 5.74) is 4.08. The fourth-order valence-electron chi connectivity index (χ4n) is 1.28. The molecule has 1 rings (SSSR count). The molecule has 1 heterocycles. The van der Waals surface area contributed by atoms with Crippen LogP contribution in [0.3, 0.4) is 0 Å². The van der Waals surface area contributed by atoms with Crippen molar-refractivity contribution in [2.75, 3.05) is 7.05 Å². The van der Waals surface area contributed by atoms with Crippen molar-refractivity contribution in [1.29, 1.82) is 0 Å². The zero-order valence-corrected chi connectivity index (χ0v) is 7.73. The molecule has 0 aliphatic heterocycles. The number of aromatic nitrogens is 1. The third kappa shape index (κ3) is 1.46. The molecule has 1 aromatic rings. The number of nitrogens with one attached hydrogen (secondary N) is 1. The van der Waals surface area contributed by atoms with Gasteiger partial charge in [0.1, 0.15) is 0 Å². The highest BCUT2D eigenvalue weighted by molar-refractivity contribution is 5.25. The minimum Gasteiger partial charge on any atom is -0.350 e. The molecule has 0 amide bonds. The van der Waals surface area contributed by atoms with Crippen LogP contribution in [-0.4, -0.2) is 11.6 Å². The Morgan fingerprint density at radius 3 is 2.45 bits per heavy atom. The third-order valence-corrected chi connectivity index (χ3v) is 2.25. The van der Waals surface area contributed by atoms with E-state index in [4.69, 9.17) is 0 Å². The molecule has 0 fully saturated rings. The quantitative estimate of drug-likeness (QED) is 0.677. The van der Waals surface area contributed by atoms with E-state index in [2.05, 4.69) is 36.8 Å². The molecule has 2 nitrogen and oxygen atoms in total. The average molecular weight is 152 g/mol. The fourth-order valence-corrected chi connectivity index (χ4v) is 1.28. The summed E-state index contributed by atoms with van der Waals surface area (Å²) in [7, 11) is 4.08. The van der Waals surface area contributed by atoms with Gasteiger partial charge in [0.15, 0.2) is 0 Å². The van der Waals surface area contributed by atoms with Crippen molar-refractivity contribution >= 4 is 0 Å². The Morgan fingerprint density at radius 2 is 2.09 bits per heavy atom. The Hall–Kier alpha value is -0.760. The first kappa shape index (κ1) is 8.34. The van der Waals surface area contributed by atoms with Crippen LogP contribution < -0.4 is 5.32 Å². The van der Waals surface area contributed by atoms with E-state index in [-0.39, 0.29) is 0 Å². The summed E-state index contributed by atoms with van der Waals surface area (Å²) in [6.45, 7) is 5.24. The van der Waals surface area contributed by atoms with Crippen LogP contribution in [0.2, 0.25) is 0 Å². The Bertz CT molecular complexity index is 248. The largest absolute Gasteiger partial charge is 0.350 e. The van der Waals surface area contributed by atoms with Crippen LogP contribution in [0.15, 0.2) is 6.07 Å². The topological polar surface area (TPSA) is 17.0 Å². The van der Waals surface area contributed by atoms with Crippen LogP contribution >= 0.6 is 0 Å². The minimum absolute atomic E-state index is 0.950. The van der Waals surface area contributed by atoms with Crippen molar-refractivity contribution in [2.24, 2.45) is 7.05 Å². The molecule has 1 N–H and O–H groups in total. The molecule has 1 aromatic heterocycles. The number of aryl methyl sites for hydroxylation is 1. The summed E-state index contributed by atoms with van der Waals surface area (Å²) in [6, 6.07) is 2.23. The molecule has 0 aromatic carbocycles. The van der Waals surface area contributed by atoms with Gasteiger partial charge in [0, 0.05) is 25.0 Å². The van der Waals surface area contributed by atoms with E-state index in [0.717, 1.165) is 6.54 Å². The molecular weight excluding hydrogens is 136 g/mol. The van der Waals surface area contributed by atoms with Crippen molar-refractivity contribution in [3.05, 3.63) is 23.0 Å². The third-order valence-electron chi connectivity index (χ3n) is 2.25. The van der Waals surface area contributed by atoms with E-state index in [9.17, 15) is 0 Å². The Labute approximate surface area is 68.2 Å². The van der Waals surface area contributed by atoms with E-state index >= 15 is 0 Å². The molecule has 0 aliphatic carbocycles. The number of rotatable bonds is 2. The highest BCUT2D eigenvalue weighted by atomic mass is 15.0. The maximum Gasteiger partial charge on any atom is 0.0357 e. The van der Waals surface area contributed by atoms with Gasteiger partial charge in [-0.1, -0.05) is 0 Å². The SMILES string of the molecule is CNCc1cc(C)c(C)n1C. The number of nitrogens with zero attached hydrogens (tertiary/aromatic N) is 1. The molecule has 0 atom stereocenters. The van der Waals surface area contributed by atoms with Crippen molar-refractivity contribution in [1.82, 2.24) is 9.88 Å². The molecule has 0 spiro atoms. The second-order valence-corrected chi connectivity index (χ2v) is 2.99. The highest BCUT2D eigenvalue weighted by Crippen LogP contribution is 2.11. The van der Waals surface area contributed by atoms with Gasteiger partial charge in [-0.3, -0.25) is 0 Å². The molecular formula is C9H16N2. The van der Waals surface area contributed by atoms with Crippen LogP contribution in [0.1, 0.15) is 17.0 Å². The van der Waals surface area contributed by atoms with Gasteiger partial charge in [0.05, 0.1) is 0 Å². The van der Waals surface area contributed by atoms with E-state index in [0.29, 0.717) is 0 Å². The van der Waals surface area contributed by atoms with Crippen molar-refractivity contribution in [3.8, 4) is 0 Å². The summed E-state index contributed by atoms with van der Waals surface area (Å²) < 4.78 is 2.23. The normalized spacial score (nSPS) is 10.5. The molecule has 0 radical (unpaired) electrons. The van der Waals surface area contributed by atoms with Crippen molar-refractivity contribution in [3.63, 3.8) is 0 Å². The van der Waals surface area contributed by atoms with E-state index in [1.165, 1.54) is 17.0 Å². The van der Waals surface area contributed by atoms with E-state index in [1.807, 2.05) is 7.05 Å². The molecule has 0 aliphatic rings. The van der Waals surface area contributed by atoms with Gasteiger partial charge in [0.25, 0.3) is 0 Å². The maximum absolute atomic E-state index is 3.14. The van der Waals surface area contributed by atoms with Gasteiger partial charge in [-0.15, -0.1) is 0 Å². The Balaban J connectivity index is 2.98. The maximum atomic E-state index is 3.14. The lowest BCUT2D eigenvalue weighted by Gasteiger charge is -2.03. The summed E-state index contributed by atoms with van der Waals surface area (Å²) in [5, 5.41) is 3.14. The van der Waals surface area contributed by atoms with E-state index < -0.39 is 0 Å². The van der Waals surface area contributed by atoms with E-state index in [1.54, 1.807) is 0 Å². The molecule has 0 bridgehead atoms. The van der Waals surface area contributed by atoms with Gasteiger partial charge in [-0.25, -0.2) is 0 Å². The lowest BCUT2D eigenvalue weighted by atomic mass is 10.3. The number of hydrogen-bond acceptors (Lipinski definition) is 1. The van der Waals surface area contributed by atoms with Crippen LogP contribution in [0.5, 0.6) is 0 Å². The number of hydrogen-bond donors (Lipinski definition) is 1. The summed E-state index contributed by atoms with van der Waals surface area (Å²) >= 11 is 0. The van der Waals surface area contributed by atoms with Crippen molar-refractivity contribution < 1.29 is 0 Å². The second-order valence-electron chi connectivity index (χ2n) is 2.99.